The minimum Gasteiger partial charge on any atom is -0.378 e. The van der Waals surface area contributed by atoms with Crippen molar-refractivity contribution in [3.63, 3.8) is 0 Å². The summed E-state index contributed by atoms with van der Waals surface area (Å²) in [5.74, 6) is -0.456. The van der Waals surface area contributed by atoms with Crippen molar-refractivity contribution in [3.05, 3.63) is 0 Å². The first kappa shape index (κ1) is 22.6. The van der Waals surface area contributed by atoms with Gasteiger partial charge in [-0.25, -0.2) is 13.1 Å². The Balaban J connectivity index is 0.00000484. The van der Waals surface area contributed by atoms with Crippen LogP contribution in [0.3, 0.4) is 0 Å². The number of nitrogens with zero attached hydrogens (tertiary/aromatic N) is 1. The van der Waals surface area contributed by atoms with E-state index in [9.17, 15) is 13.2 Å². The molecule has 10 heteroatoms. The van der Waals surface area contributed by atoms with Gasteiger partial charge in [-0.1, -0.05) is 0 Å². The van der Waals surface area contributed by atoms with Crippen LogP contribution in [0.25, 0.3) is 0 Å². The molecule has 1 aliphatic rings. The number of amides is 1. The van der Waals surface area contributed by atoms with Crippen molar-refractivity contribution in [2.75, 3.05) is 58.2 Å². The van der Waals surface area contributed by atoms with E-state index in [0.29, 0.717) is 6.54 Å². The number of piperazine rings is 1. The Morgan fingerprint density at radius 3 is 2.57 bits per heavy atom. The van der Waals surface area contributed by atoms with Crippen LogP contribution in [0.2, 0.25) is 0 Å². The maximum Gasteiger partial charge on any atom is 0.235 e. The van der Waals surface area contributed by atoms with Gasteiger partial charge in [-0.2, -0.15) is 0 Å². The zero-order valence-corrected chi connectivity index (χ0v) is 15.5. The SMILES string of the molecule is CC(C)OCCS(=O)(=O)NCC(=O)NCCN1CCNCC1.Cl. The maximum absolute atomic E-state index is 11.7. The number of rotatable bonds is 10. The van der Waals surface area contributed by atoms with Crippen LogP contribution in [-0.4, -0.2) is 83.5 Å². The predicted octanol–water partition coefficient (Wildman–Crippen LogP) is -1.23. The van der Waals surface area contributed by atoms with E-state index in [4.69, 9.17) is 4.74 Å². The lowest BCUT2D eigenvalue weighted by molar-refractivity contribution is -0.120. The number of ether oxygens (including phenoxy) is 1. The minimum atomic E-state index is -3.47. The summed E-state index contributed by atoms with van der Waals surface area (Å²) in [5, 5.41) is 5.98. The number of nitrogens with one attached hydrogen (secondary N) is 3. The highest BCUT2D eigenvalue weighted by atomic mass is 35.5. The van der Waals surface area contributed by atoms with Crippen LogP contribution in [0.5, 0.6) is 0 Å². The fourth-order valence-corrected chi connectivity index (χ4v) is 2.80. The molecular formula is C13H29ClN4O4S. The van der Waals surface area contributed by atoms with E-state index in [1.807, 2.05) is 13.8 Å². The molecule has 1 saturated heterocycles. The Bertz CT molecular complexity index is 428. The molecule has 0 aromatic heterocycles. The largest absolute Gasteiger partial charge is 0.378 e. The standard InChI is InChI=1S/C13H28N4O4S.ClH/c1-12(2)21-9-10-22(19,20)16-11-13(18)15-5-8-17-6-3-14-4-7-17;/h12,14,16H,3-11H2,1-2H3,(H,15,18);1H. The fourth-order valence-electron chi connectivity index (χ4n) is 1.99. The summed E-state index contributed by atoms with van der Waals surface area (Å²) in [7, 11) is -3.47. The van der Waals surface area contributed by atoms with Gasteiger partial charge in [0.15, 0.2) is 0 Å². The Hall–Kier alpha value is -0.450. The summed E-state index contributed by atoms with van der Waals surface area (Å²) in [6, 6.07) is 0. The van der Waals surface area contributed by atoms with Gasteiger partial charge in [0, 0.05) is 39.3 Å². The van der Waals surface area contributed by atoms with E-state index in [0.717, 1.165) is 32.7 Å². The molecule has 1 aliphatic heterocycles. The van der Waals surface area contributed by atoms with E-state index in [1.54, 1.807) is 0 Å². The van der Waals surface area contributed by atoms with Crippen molar-refractivity contribution in [3.8, 4) is 0 Å². The molecule has 0 aliphatic carbocycles. The van der Waals surface area contributed by atoms with E-state index in [2.05, 4.69) is 20.3 Å². The lowest BCUT2D eigenvalue weighted by Gasteiger charge is -2.27. The molecule has 1 fully saturated rings. The number of carbonyl (C=O) groups excluding carboxylic acids is 1. The zero-order valence-electron chi connectivity index (χ0n) is 13.8. The first-order valence-electron chi connectivity index (χ1n) is 7.68. The third kappa shape index (κ3) is 11.7. The molecule has 1 amide bonds. The maximum atomic E-state index is 11.7. The summed E-state index contributed by atoms with van der Waals surface area (Å²) >= 11 is 0. The molecule has 3 N–H and O–H groups in total. The molecule has 23 heavy (non-hydrogen) atoms. The van der Waals surface area contributed by atoms with E-state index in [1.165, 1.54) is 0 Å². The lowest BCUT2D eigenvalue weighted by atomic mass is 10.3. The van der Waals surface area contributed by atoms with Crippen LogP contribution >= 0.6 is 12.4 Å². The Kier molecular flexibility index (Phi) is 11.8. The smallest absolute Gasteiger partial charge is 0.235 e. The fraction of sp³-hybridized carbons (Fsp3) is 0.923. The first-order valence-corrected chi connectivity index (χ1v) is 9.33. The second-order valence-corrected chi connectivity index (χ2v) is 7.43. The molecule has 0 atom stereocenters. The van der Waals surface area contributed by atoms with Crippen LogP contribution in [0.1, 0.15) is 13.8 Å². The van der Waals surface area contributed by atoms with E-state index < -0.39 is 10.0 Å². The van der Waals surface area contributed by atoms with Gasteiger partial charge in [-0.15, -0.1) is 12.4 Å². The Morgan fingerprint density at radius 2 is 1.96 bits per heavy atom. The van der Waals surface area contributed by atoms with Crippen molar-refractivity contribution < 1.29 is 17.9 Å². The highest BCUT2D eigenvalue weighted by molar-refractivity contribution is 7.89. The predicted molar refractivity (Wildman–Crippen MR) is 92.4 cm³/mol. The van der Waals surface area contributed by atoms with Crippen molar-refractivity contribution in [2.45, 2.75) is 20.0 Å². The zero-order chi connectivity index (χ0) is 16.4. The number of carbonyl (C=O) groups is 1. The molecule has 0 saturated carbocycles. The molecule has 1 rings (SSSR count). The number of hydrogen-bond donors (Lipinski definition) is 3. The molecule has 0 unspecified atom stereocenters. The quantitative estimate of drug-likeness (QED) is 0.444. The minimum absolute atomic E-state index is 0. The molecule has 0 aromatic carbocycles. The highest BCUT2D eigenvalue weighted by Crippen LogP contribution is 1.91. The van der Waals surface area contributed by atoms with Crippen LogP contribution in [0.4, 0.5) is 0 Å². The number of hydrogen-bond acceptors (Lipinski definition) is 6. The van der Waals surface area contributed by atoms with E-state index >= 15 is 0 Å². The molecule has 138 valence electrons. The summed E-state index contributed by atoms with van der Waals surface area (Å²) in [6.07, 6.45) is -0.0107. The summed E-state index contributed by atoms with van der Waals surface area (Å²) < 4.78 is 30.8. The molecular weight excluding hydrogens is 344 g/mol. The average Bonchev–Trinajstić information content (AvgIpc) is 2.46. The summed E-state index contributed by atoms with van der Waals surface area (Å²) in [4.78, 5) is 13.9. The molecule has 0 radical (unpaired) electrons. The lowest BCUT2D eigenvalue weighted by Crippen LogP contribution is -2.47. The van der Waals surface area contributed by atoms with Crippen LogP contribution in [0, 0.1) is 0 Å². The van der Waals surface area contributed by atoms with Gasteiger partial charge in [0.25, 0.3) is 0 Å². The second-order valence-electron chi connectivity index (χ2n) is 5.50. The Labute approximate surface area is 145 Å². The third-order valence-corrected chi connectivity index (χ3v) is 4.50. The average molecular weight is 373 g/mol. The van der Waals surface area contributed by atoms with E-state index in [-0.39, 0.29) is 43.3 Å². The van der Waals surface area contributed by atoms with Crippen LogP contribution < -0.4 is 15.4 Å². The van der Waals surface area contributed by atoms with Gasteiger partial charge in [0.05, 0.1) is 25.0 Å². The molecule has 1 heterocycles. The van der Waals surface area contributed by atoms with Crippen LogP contribution in [0.15, 0.2) is 0 Å². The monoisotopic (exact) mass is 372 g/mol. The highest BCUT2D eigenvalue weighted by Gasteiger charge is 2.13. The van der Waals surface area contributed by atoms with Crippen LogP contribution in [-0.2, 0) is 19.6 Å². The van der Waals surface area contributed by atoms with Gasteiger partial charge in [-0.3, -0.25) is 9.69 Å². The van der Waals surface area contributed by atoms with Crippen molar-refractivity contribution in [1.82, 2.24) is 20.3 Å². The third-order valence-electron chi connectivity index (χ3n) is 3.22. The van der Waals surface area contributed by atoms with Gasteiger partial charge in [0.1, 0.15) is 0 Å². The molecule has 0 bridgehead atoms. The first-order chi connectivity index (χ1) is 10.4. The van der Waals surface area contributed by atoms with Crippen molar-refractivity contribution >= 4 is 28.3 Å². The molecule has 0 spiro atoms. The number of sulfonamides is 1. The molecule has 0 aromatic rings. The van der Waals surface area contributed by atoms with Gasteiger partial charge < -0.3 is 15.4 Å². The Morgan fingerprint density at radius 1 is 1.30 bits per heavy atom. The van der Waals surface area contributed by atoms with Gasteiger partial charge >= 0.3 is 0 Å². The summed E-state index contributed by atoms with van der Waals surface area (Å²) in [5.41, 5.74) is 0. The van der Waals surface area contributed by atoms with Gasteiger partial charge in [0.2, 0.25) is 15.9 Å². The second kappa shape index (κ2) is 12.0. The molecule has 8 nitrogen and oxygen atoms in total. The van der Waals surface area contributed by atoms with Crippen molar-refractivity contribution in [1.29, 1.82) is 0 Å². The van der Waals surface area contributed by atoms with Crippen molar-refractivity contribution in [2.24, 2.45) is 0 Å². The normalized spacial score (nSPS) is 16.1. The topological polar surface area (TPSA) is 99.8 Å². The van der Waals surface area contributed by atoms with Gasteiger partial charge in [-0.05, 0) is 13.8 Å². The number of halogens is 1. The summed E-state index contributed by atoms with van der Waals surface area (Å²) in [6.45, 7) is 8.75.